The van der Waals surface area contributed by atoms with E-state index in [0.29, 0.717) is 12.8 Å². The van der Waals surface area contributed by atoms with Crippen LogP contribution in [-0.2, 0) is 20.9 Å². The Balaban J connectivity index is 2.13. The number of rotatable bonds is 10. The summed E-state index contributed by atoms with van der Waals surface area (Å²) in [5, 5.41) is 2.66. The Hall–Kier alpha value is -3.48. The van der Waals surface area contributed by atoms with Gasteiger partial charge in [0.25, 0.3) is 0 Å². The first-order valence-corrected chi connectivity index (χ1v) is 12.1. The minimum atomic E-state index is -0.852. The summed E-state index contributed by atoms with van der Waals surface area (Å²) < 4.78 is 22.1. The topological polar surface area (TPSA) is 83.1 Å². The van der Waals surface area contributed by atoms with Gasteiger partial charge in [-0.15, -0.1) is 0 Å². The average molecular weight is 498 g/mol. The molecule has 1 N–H and O–H groups in total. The van der Waals surface area contributed by atoms with Crippen LogP contribution >= 0.6 is 0 Å². The minimum Gasteiger partial charge on any atom is -0.496 e. The summed E-state index contributed by atoms with van der Waals surface area (Å²) in [5.74, 6) is 1.10. The highest BCUT2D eigenvalue weighted by Crippen LogP contribution is 2.38. The molecule has 0 aliphatic heterocycles. The lowest BCUT2D eigenvalue weighted by Gasteiger charge is -2.24. The van der Waals surface area contributed by atoms with Crippen molar-refractivity contribution in [3.05, 3.63) is 64.2 Å². The number of carbonyl (C=O) groups is 2. The van der Waals surface area contributed by atoms with E-state index in [9.17, 15) is 9.59 Å². The van der Waals surface area contributed by atoms with E-state index in [1.54, 1.807) is 35.0 Å². The van der Waals surface area contributed by atoms with E-state index in [-0.39, 0.29) is 6.61 Å². The molecule has 196 valence electrons. The lowest BCUT2D eigenvalue weighted by Crippen LogP contribution is -2.44. The van der Waals surface area contributed by atoms with Crippen LogP contribution in [0.4, 0.5) is 4.79 Å². The summed E-state index contributed by atoms with van der Waals surface area (Å²) in [5.41, 5.74) is 4.11. The maximum absolute atomic E-state index is 12.8. The van der Waals surface area contributed by atoms with Crippen LogP contribution in [0, 0.1) is 20.8 Å². The molecular weight excluding hydrogens is 458 g/mol. The van der Waals surface area contributed by atoms with Gasteiger partial charge < -0.3 is 24.3 Å². The van der Waals surface area contributed by atoms with E-state index in [4.69, 9.17) is 18.9 Å². The highest BCUT2D eigenvalue weighted by molar-refractivity contribution is 5.81. The molecule has 0 aliphatic rings. The number of methoxy groups -OCH3 is 2. The van der Waals surface area contributed by atoms with Crippen LogP contribution in [0.15, 0.2) is 36.4 Å². The summed E-state index contributed by atoms with van der Waals surface area (Å²) in [4.78, 5) is 25.2. The molecule has 0 bridgehead atoms. The molecule has 0 radical (unpaired) electrons. The van der Waals surface area contributed by atoms with Crippen LogP contribution in [-0.4, -0.2) is 37.9 Å². The molecule has 0 saturated carbocycles. The zero-order valence-corrected chi connectivity index (χ0v) is 22.7. The van der Waals surface area contributed by atoms with Gasteiger partial charge in [-0.2, -0.15) is 0 Å². The number of ether oxygens (including phenoxy) is 4. The average Bonchev–Trinajstić information content (AvgIpc) is 2.82. The van der Waals surface area contributed by atoms with Gasteiger partial charge in [-0.1, -0.05) is 42.5 Å². The molecule has 36 heavy (non-hydrogen) atoms. The molecule has 0 aliphatic carbocycles. The summed E-state index contributed by atoms with van der Waals surface area (Å²) in [6, 6.07) is 8.50. The molecule has 0 unspecified atom stereocenters. The van der Waals surface area contributed by atoms with Crippen molar-refractivity contribution < 1.29 is 28.5 Å². The van der Waals surface area contributed by atoms with Crippen molar-refractivity contribution in [3.8, 4) is 11.5 Å². The second-order valence-corrected chi connectivity index (χ2v) is 9.63. The van der Waals surface area contributed by atoms with Crippen molar-refractivity contribution >= 4 is 18.1 Å². The highest BCUT2D eigenvalue weighted by Gasteiger charge is 2.27. The number of hydrogen-bond acceptors (Lipinski definition) is 6. The molecule has 7 nitrogen and oxygen atoms in total. The van der Waals surface area contributed by atoms with Crippen LogP contribution in [0.3, 0.4) is 0 Å². The van der Waals surface area contributed by atoms with Crippen molar-refractivity contribution in [2.45, 2.75) is 72.6 Å². The molecule has 1 amide bonds. The number of amides is 1. The van der Waals surface area contributed by atoms with Crippen LogP contribution in [0.25, 0.3) is 6.08 Å². The van der Waals surface area contributed by atoms with Gasteiger partial charge in [0.15, 0.2) is 0 Å². The third-order valence-corrected chi connectivity index (χ3v) is 5.74. The molecule has 0 saturated heterocycles. The SMILES string of the molecule is COc1c(C)c(C)c(OC)c(/C=C\CC[C@H](NC(=O)OCc2ccccc2)C(=O)OC(C)(C)C)c1C. The fraction of sp³-hybridized carbons (Fsp3) is 0.448. The zero-order chi connectivity index (χ0) is 26.9. The van der Waals surface area contributed by atoms with E-state index < -0.39 is 23.7 Å². The van der Waals surface area contributed by atoms with Gasteiger partial charge in [0.1, 0.15) is 29.7 Å². The maximum atomic E-state index is 12.8. The zero-order valence-electron chi connectivity index (χ0n) is 22.7. The first-order valence-electron chi connectivity index (χ1n) is 12.1. The Kier molecular flexibility index (Phi) is 10.4. The Morgan fingerprint density at radius 1 is 0.944 bits per heavy atom. The molecule has 2 aromatic carbocycles. The van der Waals surface area contributed by atoms with Gasteiger partial charge >= 0.3 is 12.1 Å². The predicted molar refractivity (Wildman–Crippen MR) is 141 cm³/mol. The first kappa shape index (κ1) is 28.8. The Morgan fingerprint density at radius 3 is 2.14 bits per heavy atom. The predicted octanol–water partition coefficient (Wildman–Crippen LogP) is 6.06. The van der Waals surface area contributed by atoms with Gasteiger partial charge in [-0.25, -0.2) is 9.59 Å². The molecule has 2 rings (SSSR count). The number of esters is 1. The van der Waals surface area contributed by atoms with Crippen LogP contribution in [0.2, 0.25) is 0 Å². The van der Waals surface area contributed by atoms with E-state index in [1.807, 2.05) is 63.3 Å². The van der Waals surface area contributed by atoms with Crippen molar-refractivity contribution in [3.63, 3.8) is 0 Å². The van der Waals surface area contributed by atoms with Crippen LogP contribution in [0.5, 0.6) is 11.5 Å². The molecule has 0 aromatic heterocycles. The van der Waals surface area contributed by atoms with Gasteiger partial charge in [-0.05, 0) is 71.1 Å². The molecular formula is C29H39NO6. The summed E-state index contributed by atoms with van der Waals surface area (Å²) >= 11 is 0. The van der Waals surface area contributed by atoms with E-state index in [1.165, 1.54) is 0 Å². The number of hydrogen-bond donors (Lipinski definition) is 1. The molecule has 0 fully saturated rings. The largest absolute Gasteiger partial charge is 0.496 e. The highest BCUT2D eigenvalue weighted by atomic mass is 16.6. The fourth-order valence-corrected chi connectivity index (χ4v) is 3.88. The van der Waals surface area contributed by atoms with Crippen molar-refractivity contribution in [1.82, 2.24) is 5.32 Å². The van der Waals surface area contributed by atoms with Crippen LogP contribution in [0.1, 0.15) is 61.4 Å². The summed E-state index contributed by atoms with van der Waals surface area (Å²) in [7, 11) is 3.30. The molecule has 0 heterocycles. The molecule has 1 atom stereocenters. The summed E-state index contributed by atoms with van der Waals surface area (Å²) in [6.45, 7) is 11.5. The van der Waals surface area contributed by atoms with Crippen LogP contribution < -0.4 is 14.8 Å². The van der Waals surface area contributed by atoms with Crippen molar-refractivity contribution in [2.75, 3.05) is 14.2 Å². The standard InChI is InChI=1S/C29H39NO6/c1-19-20(2)26(34-8)23(21(3)25(19)33-7)16-12-13-17-24(27(31)36-29(4,5)6)30-28(32)35-18-22-14-10-9-11-15-22/h9-12,14-16,24H,13,17-18H2,1-8H3,(H,30,32)/b16-12-/t24-/m0/s1. The Bertz CT molecular complexity index is 1070. The van der Waals surface area contributed by atoms with Gasteiger partial charge in [0, 0.05) is 11.1 Å². The Morgan fingerprint density at radius 2 is 1.56 bits per heavy atom. The molecule has 7 heteroatoms. The minimum absolute atomic E-state index is 0.112. The fourth-order valence-electron chi connectivity index (χ4n) is 3.88. The monoisotopic (exact) mass is 497 g/mol. The van der Waals surface area contributed by atoms with E-state index in [2.05, 4.69) is 5.32 Å². The second kappa shape index (κ2) is 13.0. The quantitative estimate of drug-likeness (QED) is 0.402. The molecule has 2 aromatic rings. The van der Waals surface area contributed by atoms with Gasteiger partial charge in [0.05, 0.1) is 14.2 Å². The van der Waals surface area contributed by atoms with E-state index >= 15 is 0 Å². The van der Waals surface area contributed by atoms with Crippen molar-refractivity contribution in [1.29, 1.82) is 0 Å². The van der Waals surface area contributed by atoms with Crippen molar-refractivity contribution in [2.24, 2.45) is 0 Å². The smallest absolute Gasteiger partial charge is 0.408 e. The van der Waals surface area contributed by atoms with E-state index in [0.717, 1.165) is 39.3 Å². The second-order valence-electron chi connectivity index (χ2n) is 9.63. The first-order chi connectivity index (χ1) is 17.0. The third kappa shape index (κ3) is 8.04. The normalized spacial score (nSPS) is 12.2. The number of benzene rings is 2. The van der Waals surface area contributed by atoms with Gasteiger partial charge in [0.2, 0.25) is 0 Å². The maximum Gasteiger partial charge on any atom is 0.408 e. The lowest BCUT2D eigenvalue weighted by atomic mass is 9.96. The lowest BCUT2D eigenvalue weighted by molar-refractivity contribution is -0.157. The number of allylic oxidation sites excluding steroid dienone is 1. The molecule has 0 spiro atoms. The van der Waals surface area contributed by atoms with Gasteiger partial charge in [-0.3, -0.25) is 0 Å². The number of carbonyl (C=O) groups excluding carboxylic acids is 2. The number of nitrogens with one attached hydrogen (secondary N) is 1. The summed E-state index contributed by atoms with van der Waals surface area (Å²) in [6.07, 6.45) is 4.10. The Labute approximate surface area is 214 Å². The number of alkyl carbamates (subject to hydrolysis) is 1. The third-order valence-electron chi connectivity index (χ3n) is 5.74.